The summed E-state index contributed by atoms with van der Waals surface area (Å²) in [6, 6.07) is 6.55. The third-order valence-electron chi connectivity index (χ3n) is 3.38. The van der Waals surface area contributed by atoms with Crippen molar-refractivity contribution < 1.29 is 0 Å². The topological polar surface area (TPSA) is 29.3 Å². The molecule has 0 aliphatic heterocycles. The highest BCUT2D eigenvalue weighted by molar-refractivity contribution is 6.31. The van der Waals surface area contributed by atoms with Crippen LogP contribution in [0.1, 0.15) is 39.7 Å². The van der Waals surface area contributed by atoms with Gasteiger partial charge in [-0.25, -0.2) is 0 Å². The largest absolute Gasteiger partial charge is 0.372 e. The fourth-order valence-electron chi connectivity index (χ4n) is 2.18. The summed E-state index contributed by atoms with van der Waals surface area (Å²) in [5.74, 6) is 0.645. The Hall–Kier alpha value is -0.730. The average Bonchev–Trinajstić information content (AvgIpc) is 2.37. The summed E-state index contributed by atoms with van der Waals surface area (Å²) in [5, 5.41) is 0.837. The van der Waals surface area contributed by atoms with Gasteiger partial charge >= 0.3 is 0 Å². The Kier molecular flexibility index (Phi) is 6.67. The maximum absolute atomic E-state index is 6.39. The maximum Gasteiger partial charge on any atom is 0.0459 e. The molecule has 0 fully saturated rings. The summed E-state index contributed by atoms with van der Waals surface area (Å²) in [5.41, 5.74) is 8.35. The summed E-state index contributed by atoms with van der Waals surface area (Å²) in [4.78, 5) is 2.36. The van der Waals surface area contributed by atoms with Gasteiger partial charge < -0.3 is 10.6 Å². The molecule has 0 saturated carbocycles. The molecule has 1 rings (SSSR count). The lowest BCUT2D eigenvalue weighted by Crippen LogP contribution is -2.27. The van der Waals surface area contributed by atoms with E-state index in [-0.39, 0.29) is 6.04 Å². The van der Waals surface area contributed by atoms with Crippen LogP contribution in [0.25, 0.3) is 0 Å². The first-order valence-electron chi connectivity index (χ1n) is 7.26. The molecule has 0 bridgehead atoms. The minimum atomic E-state index is 0.196. The van der Waals surface area contributed by atoms with Crippen molar-refractivity contribution in [2.45, 2.75) is 46.6 Å². The lowest BCUT2D eigenvalue weighted by atomic mass is 10.0. The molecule has 2 nitrogen and oxygen atoms in total. The number of hydrogen-bond acceptors (Lipinski definition) is 2. The third-order valence-corrected chi connectivity index (χ3v) is 3.73. The minimum Gasteiger partial charge on any atom is -0.372 e. The molecule has 3 heteroatoms. The van der Waals surface area contributed by atoms with E-state index < -0.39 is 0 Å². The Balaban J connectivity index is 2.85. The third kappa shape index (κ3) is 5.04. The van der Waals surface area contributed by atoms with E-state index in [9.17, 15) is 0 Å². The number of benzene rings is 1. The molecular weight excluding hydrogens is 256 g/mol. The Morgan fingerprint density at radius 2 is 1.95 bits per heavy atom. The summed E-state index contributed by atoms with van der Waals surface area (Å²) in [6.45, 7) is 10.8. The van der Waals surface area contributed by atoms with E-state index >= 15 is 0 Å². The van der Waals surface area contributed by atoms with Crippen molar-refractivity contribution in [3.05, 3.63) is 28.8 Å². The van der Waals surface area contributed by atoms with Crippen LogP contribution in [0.15, 0.2) is 18.2 Å². The number of anilines is 1. The fourth-order valence-corrected chi connectivity index (χ4v) is 2.44. The van der Waals surface area contributed by atoms with Crippen molar-refractivity contribution in [3.63, 3.8) is 0 Å². The molecule has 0 aliphatic carbocycles. The van der Waals surface area contributed by atoms with Crippen LogP contribution in [0.5, 0.6) is 0 Å². The van der Waals surface area contributed by atoms with Crippen LogP contribution in [0, 0.1) is 5.92 Å². The highest BCUT2D eigenvalue weighted by atomic mass is 35.5. The second kappa shape index (κ2) is 7.76. The van der Waals surface area contributed by atoms with E-state index in [0.717, 1.165) is 36.5 Å². The second-order valence-corrected chi connectivity index (χ2v) is 5.99. The molecule has 0 saturated heterocycles. The summed E-state index contributed by atoms with van der Waals surface area (Å²) < 4.78 is 0. The number of nitrogens with zero attached hydrogens (tertiary/aromatic N) is 1. The normalized spacial score (nSPS) is 12.8. The van der Waals surface area contributed by atoms with Gasteiger partial charge in [-0.15, -0.1) is 0 Å². The summed E-state index contributed by atoms with van der Waals surface area (Å²) in [7, 11) is 0. The lowest BCUT2D eigenvalue weighted by molar-refractivity contribution is 0.618. The van der Waals surface area contributed by atoms with Gasteiger partial charge in [0.1, 0.15) is 0 Å². The molecule has 1 aromatic carbocycles. The molecule has 2 N–H and O–H groups in total. The SMILES string of the molecule is CCC(N)Cc1ccc(N(CC)CC(C)C)cc1Cl. The number of hydrogen-bond donors (Lipinski definition) is 1. The Morgan fingerprint density at radius 3 is 2.42 bits per heavy atom. The van der Waals surface area contributed by atoms with Gasteiger partial charge in [0.05, 0.1) is 0 Å². The van der Waals surface area contributed by atoms with Crippen LogP contribution in [0.2, 0.25) is 5.02 Å². The van der Waals surface area contributed by atoms with Crippen LogP contribution in [0.3, 0.4) is 0 Å². The van der Waals surface area contributed by atoms with Gasteiger partial charge in [-0.05, 0) is 43.4 Å². The quantitative estimate of drug-likeness (QED) is 0.816. The summed E-state index contributed by atoms with van der Waals surface area (Å²) in [6.07, 6.45) is 1.83. The standard InChI is InChI=1S/C16H27ClN2/c1-5-14(18)9-13-7-8-15(10-16(13)17)19(6-2)11-12(3)4/h7-8,10,12,14H,5-6,9,11,18H2,1-4H3. The predicted molar refractivity (Wildman–Crippen MR) is 86.1 cm³/mol. The van der Waals surface area contributed by atoms with Gasteiger partial charge in [0.25, 0.3) is 0 Å². The van der Waals surface area contributed by atoms with Crippen molar-refractivity contribution in [3.8, 4) is 0 Å². The maximum atomic E-state index is 6.39. The second-order valence-electron chi connectivity index (χ2n) is 5.58. The molecule has 1 atom stereocenters. The molecule has 0 amide bonds. The van der Waals surface area contributed by atoms with E-state index in [1.165, 1.54) is 5.69 Å². The summed E-state index contributed by atoms with van der Waals surface area (Å²) >= 11 is 6.39. The van der Waals surface area contributed by atoms with E-state index in [1.807, 2.05) is 0 Å². The molecule has 0 aromatic heterocycles. The van der Waals surface area contributed by atoms with Crippen molar-refractivity contribution in [1.82, 2.24) is 0 Å². The van der Waals surface area contributed by atoms with Gasteiger partial charge in [0, 0.05) is 29.8 Å². The average molecular weight is 283 g/mol. The van der Waals surface area contributed by atoms with Gasteiger partial charge in [0.15, 0.2) is 0 Å². The smallest absolute Gasteiger partial charge is 0.0459 e. The Morgan fingerprint density at radius 1 is 1.26 bits per heavy atom. The van der Waals surface area contributed by atoms with Crippen LogP contribution >= 0.6 is 11.6 Å². The van der Waals surface area contributed by atoms with E-state index in [4.69, 9.17) is 17.3 Å². The molecule has 19 heavy (non-hydrogen) atoms. The van der Waals surface area contributed by atoms with E-state index in [1.54, 1.807) is 0 Å². The van der Waals surface area contributed by atoms with Gasteiger partial charge in [0.2, 0.25) is 0 Å². The molecule has 1 unspecified atom stereocenters. The predicted octanol–water partition coefficient (Wildman–Crippen LogP) is 4.10. The Labute approximate surface area is 122 Å². The van der Waals surface area contributed by atoms with Gasteiger partial charge in [-0.2, -0.15) is 0 Å². The highest BCUT2D eigenvalue weighted by Crippen LogP contribution is 2.25. The van der Waals surface area contributed by atoms with Crippen LogP contribution in [-0.4, -0.2) is 19.1 Å². The monoisotopic (exact) mass is 282 g/mol. The number of halogens is 1. The zero-order valence-electron chi connectivity index (χ0n) is 12.6. The zero-order valence-corrected chi connectivity index (χ0v) is 13.4. The molecule has 0 spiro atoms. The van der Waals surface area contributed by atoms with Crippen molar-refractivity contribution in [2.75, 3.05) is 18.0 Å². The molecule has 0 aliphatic rings. The highest BCUT2D eigenvalue weighted by Gasteiger charge is 2.10. The van der Waals surface area contributed by atoms with E-state index in [0.29, 0.717) is 5.92 Å². The molecule has 0 heterocycles. The zero-order chi connectivity index (χ0) is 14.4. The Bertz CT molecular complexity index is 390. The molecule has 0 radical (unpaired) electrons. The molecule has 108 valence electrons. The number of nitrogens with two attached hydrogens (primary N) is 1. The first kappa shape index (κ1) is 16.3. The first-order chi connectivity index (χ1) is 8.97. The van der Waals surface area contributed by atoms with E-state index in [2.05, 4.69) is 50.8 Å². The van der Waals surface area contributed by atoms with Crippen molar-refractivity contribution in [2.24, 2.45) is 11.7 Å². The van der Waals surface area contributed by atoms with Gasteiger partial charge in [-0.3, -0.25) is 0 Å². The lowest BCUT2D eigenvalue weighted by Gasteiger charge is -2.26. The van der Waals surface area contributed by atoms with Crippen molar-refractivity contribution >= 4 is 17.3 Å². The first-order valence-corrected chi connectivity index (χ1v) is 7.64. The number of rotatable bonds is 7. The van der Waals surface area contributed by atoms with Crippen LogP contribution in [0.4, 0.5) is 5.69 Å². The van der Waals surface area contributed by atoms with Gasteiger partial charge in [-0.1, -0.05) is 38.4 Å². The van der Waals surface area contributed by atoms with Crippen LogP contribution < -0.4 is 10.6 Å². The van der Waals surface area contributed by atoms with Crippen LogP contribution in [-0.2, 0) is 6.42 Å². The van der Waals surface area contributed by atoms with Crippen molar-refractivity contribution in [1.29, 1.82) is 0 Å². The fraction of sp³-hybridized carbons (Fsp3) is 0.625. The minimum absolute atomic E-state index is 0.196. The molecular formula is C16H27ClN2. The molecule has 1 aromatic rings.